The fourth-order valence-electron chi connectivity index (χ4n) is 3.53. The second-order valence-corrected chi connectivity index (χ2v) is 8.04. The number of nitriles is 1. The van der Waals surface area contributed by atoms with Crippen LogP contribution in [0.25, 0.3) is 0 Å². The van der Waals surface area contributed by atoms with Gasteiger partial charge in [-0.05, 0) is 43.2 Å². The third-order valence-corrected chi connectivity index (χ3v) is 5.45. The quantitative estimate of drug-likeness (QED) is 0.389. The third-order valence-electron chi connectivity index (χ3n) is 5.45. The number of carbonyl (C=O) groups excluding carboxylic acids is 2. The number of methoxy groups -OCH3 is 1. The van der Waals surface area contributed by atoms with Gasteiger partial charge >= 0.3 is 0 Å². The lowest BCUT2D eigenvalue weighted by Crippen LogP contribution is -2.33. The van der Waals surface area contributed by atoms with Gasteiger partial charge in [0.1, 0.15) is 0 Å². The lowest BCUT2D eigenvalue weighted by molar-refractivity contribution is -0.125. The first-order valence-electron chi connectivity index (χ1n) is 11.8. The summed E-state index contributed by atoms with van der Waals surface area (Å²) in [6, 6.07) is 16.6. The fraction of sp³-hybridized carbons (Fsp3) is 0.444. The van der Waals surface area contributed by atoms with Crippen molar-refractivity contribution >= 4 is 17.5 Å². The standard InChI is InChI=1S/C27H35N3O4/c1-4-5-9-19-34-24-14-13-22(20-25(24)33-3)21(2)29-26(31)15-16-27(32)30(18-10-17-28)23-11-7-6-8-12-23/h6-8,11-14,20-21H,4-5,9-10,15-16,18-19H2,1-3H3,(H,29,31). The van der Waals surface area contributed by atoms with Crippen LogP contribution < -0.4 is 19.7 Å². The summed E-state index contributed by atoms with van der Waals surface area (Å²) < 4.78 is 11.3. The van der Waals surface area contributed by atoms with Crippen LogP contribution in [-0.4, -0.2) is 32.1 Å². The van der Waals surface area contributed by atoms with Crippen molar-refractivity contribution in [3.05, 3.63) is 54.1 Å². The summed E-state index contributed by atoms with van der Waals surface area (Å²) in [7, 11) is 1.59. The van der Waals surface area contributed by atoms with E-state index in [1.54, 1.807) is 12.0 Å². The van der Waals surface area contributed by atoms with Crippen LogP contribution in [0.1, 0.15) is 64.0 Å². The van der Waals surface area contributed by atoms with Crippen LogP contribution in [0.5, 0.6) is 11.5 Å². The molecule has 0 aliphatic heterocycles. The van der Waals surface area contributed by atoms with Gasteiger partial charge in [0.2, 0.25) is 11.8 Å². The molecule has 0 fully saturated rings. The van der Waals surface area contributed by atoms with Crippen LogP contribution in [0, 0.1) is 11.3 Å². The Labute approximate surface area is 202 Å². The third kappa shape index (κ3) is 8.43. The summed E-state index contributed by atoms with van der Waals surface area (Å²) in [5.41, 5.74) is 1.61. The van der Waals surface area contributed by atoms with Crippen molar-refractivity contribution in [2.45, 2.75) is 58.4 Å². The number of nitrogens with zero attached hydrogens (tertiary/aromatic N) is 2. The van der Waals surface area contributed by atoms with E-state index in [0.29, 0.717) is 24.7 Å². The molecule has 2 amide bonds. The summed E-state index contributed by atoms with van der Waals surface area (Å²) in [5, 5.41) is 11.9. The Bertz CT molecular complexity index is 956. The molecule has 7 heteroatoms. The van der Waals surface area contributed by atoms with E-state index in [0.717, 1.165) is 30.5 Å². The van der Waals surface area contributed by atoms with E-state index in [1.807, 2.05) is 55.5 Å². The highest BCUT2D eigenvalue weighted by Gasteiger charge is 2.18. The molecule has 182 valence electrons. The van der Waals surface area contributed by atoms with Crippen LogP contribution in [0.15, 0.2) is 48.5 Å². The highest BCUT2D eigenvalue weighted by molar-refractivity contribution is 5.95. The van der Waals surface area contributed by atoms with Gasteiger partial charge in [-0.1, -0.05) is 44.0 Å². The predicted octanol–water partition coefficient (Wildman–Crippen LogP) is 5.17. The molecular weight excluding hydrogens is 430 g/mol. The molecule has 0 saturated carbocycles. The maximum atomic E-state index is 12.8. The van der Waals surface area contributed by atoms with Gasteiger partial charge in [-0.3, -0.25) is 9.59 Å². The van der Waals surface area contributed by atoms with E-state index in [1.165, 1.54) is 0 Å². The Morgan fingerprint density at radius 1 is 1.09 bits per heavy atom. The maximum absolute atomic E-state index is 12.8. The van der Waals surface area contributed by atoms with Crippen molar-refractivity contribution in [2.75, 3.05) is 25.2 Å². The Hall–Kier alpha value is -3.53. The number of amides is 2. The van der Waals surface area contributed by atoms with E-state index in [4.69, 9.17) is 14.7 Å². The molecule has 0 aliphatic carbocycles. The van der Waals surface area contributed by atoms with Gasteiger partial charge in [0, 0.05) is 25.1 Å². The summed E-state index contributed by atoms with van der Waals surface area (Å²) in [6.07, 6.45) is 3.59. The number of ether oxygens (including phenoxy) is 2. The molecule has 1 unspecified atom stereocenters. The zero-order valence-electron chi connectivity index (χ0n) is 20.4. The zero-order valence-corrected chi connectivity index (χ0v) is 20.4. The van der Waals surface area contributed by atoms with E-state index in [2.05, 4.69) is 18.3 Å². The molecule has 1 atom stereocenters. The molecule has 0 spiro atoms. The molecule has 1 N–H and O–H groups in total. The van der Waals surface area contributed by atoms with Gasteiger partial charge in [0.25, 0.3) is 0 Å². The lowest BCUT2D eigenvalue weighted by Gasteiger charge is -2.22. The first-order valence-corrected chi connectivity index (χ1v) is 11.8. The predicted molar refractivity (Wildman–Crippen MR) is 133 cm³/mol. The van der Waals surface area contributed by atoms with Gasteiger partial charge in [-0.2, -0.15) is 5.26 Å². The van der Waals surface area contributed by atoms with Crippen LogP contribution >= 0.6 is 0 Å². The number of carbonyl (C=O) groups is 2. The molecule has 2 aromatic carbocycles. The molecule has 0 heterocycles. The number of unbranched alkanes of at least 4 members (excludes halogenated alkanes) is 2. The minimum absolute atomic E-state index is 0.0622. The van der Waals surface area contributed by atoms with Crippen molar-refractivity contribution in [1.82, 2.24) is 5.32 Å². The highest BCUT2D eigenvalue weighted by Crippen LogP contribution is 2.30. The van der Waals surface area contributed by atoms with Crippen molar-refractivity contribution in [1.29, 1.82) is 5.26 Å². The van der Waals surface area contributed by atoms with Gasteiger partial charge in [-0.25, -0.2) is 0 Å². The monoisotopic (exact) mass is 465 g/mol. The van der Waals surface area contributed by atoms with Gasteiger partial charge in [-0.15, -0.1) is 0 Å². The summed E-state index contributed by atoms with van der Waals surface area (Å²) in [4.78, 5) is 26.9. The van der Waals surface area contributed by atoms with Gasteiger partial charge in [0.15, 0.2) is 11.5 Å². The van der Waals surface area contributed by atoms with Crippen LogP contribution in [0.3, 0.4) is 0 Å². The molecule has 0 aromatic heterocycles. The SMILES string of the molecule is CCCCCOc1ccc(C(C)NC(=O)CCC(=O)N(CCC#N)c2ccccc2)cc1OC. The normalized spacial score (nSPS) is 11.2. The molecule has 0 bridgehead atoms. The molecule has 0 radical (unpaired) electrons. The molecule has 0 aliphatic rings. The molecule has 0 saturated heterocycles. The minimum atomic E-state index is -0.255. The first-order chi connectivity index (χ1) is 16.5. The number of anilines is 1. The number of rotatable bonds is 14. The van der Waals surface area contributed by atoms with Crippen molar-refractivity contribution < 1.29 is 19.1 Å². The zero-order chi connectivity index (χ0) is 24.8. The summed E-state index contributed by atoms with van der Waals surface area (Å²) in [5.74, 6) is 0.912. The van der Waals surface area contributed by atoms with E-state index in [-0.39, 0.29) is 37.1 Å². The van der Waals surface area contributed by atoms with Crippen LogP contribution in [-0.2, 0) is 9.59 Å². The summed E-state index contributed by atoms with van der Waals surface area (Å²) >= 11 is 0. The average Bonchev–Trinajstić information content (AvgIpc) is 2.86. The van der Waals surface area contributed by atoms with E-state index in [9.17, 15) is 9.59 Å². The number of nitrogens with one attached hydrogen (secondary N) is 1. The number of hydrogen-bond acceptors (Lipinski definition) is 5. The Morgan fingerprint density at radius 2 is 1.85 bits per heavy atom. The molecular formula is C27H35N3O4. The topological polar surface area (TPSA) is 91.7 Å². The number of hydrogen-bond donors (Lipinski definition) is 1. The average molecular weight is 466 g/mol. The first kappa shape index (κ1) is 26.7. The number of para-hydroxylation sites is 1. The Morgan fingerprint density at radius 3 is 2.53 bits per heavy atom. The second kappa shape index (κ2) is 14.6. The van der Waals surface area contributed by atoms with Crippen LogP contribution in [0.4, 0.5) is 5.69 Å². The highest BCUT2D eigenvalue weighted by atomic mass is 16.5. The molecule has 2 aromatic rings. The van der Waals surface area contributed by atoms with E-state index < -0.39 is 0 Å². The maximum Gasteiger partial charge on any atom is 0.227 e. The summed E-state index contributed by atoms with van der Waals surface area (Å²) in [6.45, 7) is 4.97. The Balaban J connectivity index is 1.92. The molecule has 7 nitrogen and oxygen atoms in total. The van der Waals surface area contributed by atoms with Crippen molar-refractivity contribution in [2.24, 2.45) is 0 Å². The largest absolute Gasteiger partial charge is 0.493 e. The minimum Gasteiger partial charge on any atom is -0.493 e. The fourth-order valence-corrected chi connectivity index (χ4v) is 3.53. The van der Waals surface area contributed by atoms with Crippen molar-refractivity contribution in [3.8, 4) is 17.6 Å². The second-order valence-electron chi connectivity index (χ2n) is 8.04. The smallest absolute Gasteiger partial charge is 0.227 e. The van der Waals surface area contributed by atoms with Crippen LogP contribution in [0.2, 0.25) is 0 Å². The Kier molecular flexibility index (Phi) is 11.5. The molecule has 2 rings (SSSR count). The van der Waals surface area contributed by atoms with Crippen molar-refractivity contribution in [3.63, 3.8) is 0 Å². The number of benzene rings is 2. The van der Waals surface area contributed by atoms with E-state index >= 15 is 0 Å². The lowest BCUT2D eigenvalue weighted by atomic mass is 10.1. The molecule has 34 heavy (non-hydrogen) atoms. The van der Waals surface area contributed by atoms with Gasteiger partial charge < -0.3 is 19.7 Å². The van der Waals surface area contributed by atoms with Gasteiger partial charge in [0.05, 0.1) is 32.2 Å².